The summed E-state index contributed by atoms with van der Waals surface area (Å²) in [4.78, 5) is 0. The second-order valence-corrected chi connectivity index (χ2v) is 4.82. The van der Waals surface area contributed by atoms with Gasteiger partial charge >= 0.3 is 0 Å². The molecule has 0 aliphatic carbocycles. The van der Waals surface area contributed by atoms with Crippen LogP contribution in [0.2, 0.25) is 0 Å². The summed E-state index contributed by atoms with van der Waals surface area (Å²) in [7, 11) is 0. The molecule has 0 aromatic rings. The van der Waals surface area contributed by atoms with Crippen LogP contribution in [0.5, 0.6) is 0 Å². The van der Waals surface area contributed by atoms with Crippen LogP contribution >= 0.6 is 0 Å². The van der Waals surface area contributed by atoms with Gasteiger partial charge in [-0.3, -0.25) is 0 Å². The fourth-order valence-electron chi connectivity index (χ4n) is 1.74. The second-order valence-electron chi connectivity index (χ2n) is 4.82. The molecule has 0 spiro atoms. The fourth-order valence-corrected chi connectivity index (χ4v) is 1.74. The average molecular weight is 201 g/mol. The first-order valence-electron chi connectivity index (χ1n) is 5.58. The van der Waals surface area contributed by atoms with E-state index in [-0.39, 0.29) is 0 Å². The van der Waals surface area contributed by atoms with Gasteiger partial charge in [0.15, 0.2) is 0 Å². The summed E-state index contributed by atoms with van der Waals surface area (Å²) in [6.07, 6.45) is 3.63. The molecule has 2 atom stereocenters. The Morgan fingerprint density at radius 2 is 2.21 bits per heavy atom. The lowest BCUT2D eigenvalue weighted by Crippen LogP contribution is -2.44. The van der Waals surface area contributed by atoms with Gasteiger partial charge in [0, 0.05) is 19.2 Å². The van der Waals surface area contributed by atoms with Crippen molar-refractivity contribution < 1.29 is 9.84 Å². The molecular weight excluding hydrogens is 178 g/mol. The molecule has 2 unspecified atom stereocenters. The van der Waals surface area contributed by atoms with Crippen molar-refractivity contribution in [2.24, 2.45) is 0 Å². The van der Waals surface area contributed by atoms with Crippen LogP contribution in [0.1, 0.15) is 40.0 Å². The normalized spacial score (nSPS) is 29.1. The smallest absolute Gasteiger partial charge is 0.0715 e. The van der Waals surface area contributed by atoms with Crippen molar-refractivity contribution in [2.45, 2.75) is 57.8 Å². The Morgan fingerprint density at radius 3 is 2.79 bits per heavy atom. The van der Waals surface area contributed by atoms with E-state index in [2.05, 4.69) is 12.2 Å². The molecule has 1 saturated heterocycles. The third-order valence-electron chi connectivity index (χ3n) is 2.65. The van der Waals surface area contributed by atoms with Crippen molar-refractivity contribution in [1.82, 2.24) is 5.32 Å². The molecule has 14 heavy (non-hydrogen) atoms. The summed E-state index contributed by atoms with van der Waals surface area (Å²) in [5.74, 6) is 0. The van der Waals surface area contributed by atoms with Crippen molar-refractivity contribution in [2.75, 3.05) is 13.2 Å². The zero-order valence-electron chi connectivity index (χ0n) is 9.55. The minimum Gasteiger partial charge on any atom is -0.389 e. The molecule has 3 nitrogen and oxygen atoms in total. The quantitative estimate of drug-likeness (QED) is 0.720. The van der Waals surface area contributed by atoms with Crippen LogP contribution in [-0.4, -0.2) is 36.0 Å². The highest BCUT2D eigenvalue weighted by molar-refractivity contribution is 4.79. The van der Waals surface area contributed by atoms with Crippen molar-refractivity contribution in [3.05, 3.63) is 0 Å². The Labute approximate surface area is 86.8 Å². The van der Waals surface area contributed by atoms with Crippen LogP contribution in [0.15, 0.2) is 0 Å². The van der Waals surface area contributed by atoms with E-state index in [1.165, 1.54) is 0 Å². The minimum absolute atomic E-state index is 0.406. The maximum Gasteiger partial charge on any atom is 0.0715 e. The Balaban J connectivity index is 2.24. The number of hydrogen-bond acceptors (Lipinski definition) is 3. The van der Waals surface area contributed by atoms with Gasteiger partial charge in [0.05, 0.1) is 11.7 Å². The van der Waals surface area contributed by atoms with Gasteiger partial charge in [0.1, 0.15) is 0 Å². The van der Waals surface area contributed by atoms with Gasteiger partial charge in [-0.1, -0.05) is 6.92 Å². The molecule has 0 radical (unpaired) electrons. The third kappa shape index (κ3) is 4.40. The molecule has 1 heterocycles. The summed E-state index contributed by atoms with van der Waals surface area (Å²) in [6, 6.07) is 0.514. The van der Waals surface area contributed by atoms with E-state index in [1.807, 2.05) is 13.8 Å². The van der Waals surface area contributed by atoms with Crippen molar-refractivity contribution in [1.29, 1.82) is 0 Å². The Morgan fingerprint density at radius 1 is 1.50 bits per heavy atom. The van der Waals surface area contributed by atoms with E-state index in [0.29, 0.717) is 18.7 Å². The molecule has 1 fully saturated rings. The standard InChI is InChI=1S/C11H23NO2/c1-4-10-7-9(5-6-14-10)12-8-11(2,3)13/h9-10,12-13H,4-8H2,1-3H3. The maximum absolute atomic E-state index is 9.58. The number of nitrogens with one attached hydrogen (secondary N) is 1. The first kappa shape index (κ1) is 12.0. The van der Waals surface area contributed by atoms with E-state index in [1.54, 1.807) is 0 Å². The molecule has 2 N–H and O–H groups in total. The van der Waals surface area contributed by atoms with Gasteiger partial charge in [0.25, 0.3) is 0 Å². The molecule has 84 valence electrons. The maximum atomic E-state index is 9.58. The largest absolute Gasteiger partial charge is 0.389 e. The van der Waals surface area contributed by atoms with E-state index < -0.39 is 5.60 Å². The SMILES string of the molecule is CCC1CC(NCC(C)(C)O)CCO1. The Bertz CT molecular complexity index is 165. The van der Waals surface area contributed by atoms with Crippen LogP contribution in [-0.2, 0) is 4.74 Å². The minimum atomic E-state index is -0.611. The topological polar surface area (TPSA) is 41.5 Å². The number of aliphatic hydroxyl groups is 1. The summed E-state index contributed by atoms with van der Waals surface area (Å²) < 4.78 is 5.59. The van der Waals surface area contributed by atoms with Crippen LogP contribution in [0.25, 0.3) is 0 Å². The van der Waals surface area contributed by atoms with E-state index in [0.717, 1.165) is 25.9 Å². The number of ether oxygens (including phenoxy) is 1. The first-order valence-corrected chi connectivity index (χ1v) is 5.58. The number of rotatable bonds is 4. The summed E-state index contributed by atoms with van der Waals surface area (Å²) in [5.41, 5.74) is -0.611. The van der Waals surface area contributed by atoms with Crippen LogP contribution in [0.4, 0.5) is 0 Å². The monoisotopic (exact) mass is 201 g/mol. The van der Waals surface area contributed by atoms with E-state index in [9.17, 15) is 5.11 Å². The van der Waals surface area contributed by atoms with Gasteiger partial charge < -0.3 is 15.2 Å². The molecule has 1 aliphatic heterocycles. The second kappa shape index (κ2) is 5.10. The van der Waals surface area contributed by atoms with Crippen molar-refractivity contribution >= 4 is 0 Å². The van der Waals surface area contributed by atoms with Gasteiger partial charge in [0.2, 0.25) is 0 Å². The highest BCUT2D eigenvalue weighted by Crippen LogP contribution is 2.16. The van der Waals surface area contributed by atoms with E-state index >= 15 is 0 Å². The van der Waals surface area contributed by atoms with E-state index in [4.69, 9.17) is 4.74 Å². The molecule has 0 aromatic heterocycles. The zero-order valence-corrected chi connectivity index (χ0v) is 9.55. The Hall–Kier alpha value is -0.120. The summed E-state index contributed by atoms with van der Waals surface area (Å²) in [5, 5.41) is 13.0. The molecule has 1 rings (SSSR count). The van der Waals surface area contributed by atoms with Crippen LogP contribution in [0, 0.1) is 0 Å². The van der Waals surface area contributed by atoms with Gasteiger partial charge in [-0.25, -0.2) is 0 Å². The number of hydrogen-bond donors (Lipinski definition) is 2. The van der Waals surface area contributed by atoms with Crippen LogP contribution in [0.3, 0.4) is 0 Å². The molecule has 0 aromatic carbocycles. The molecular formula is C11H23NO2. The third-order valence-corrected chi connectivity index (χ3v) is 2.65. The molecule has 0 bridgehead atoms. The van der Waals surface area contributed by atoms with Crippen LogP contribution < -0.4 is 5.32 Å². The predicted octanol–water partition coefficient (Wildman–Crippen LogP) is 1.30. The molecule has 3 heteroatoms. The Kier molecular flexibility index (Phi) is 4.35. The molecule has 1 aliphatic rings. The lowest BCUT2D eigenvalue weighted by atomic mass is 10.0. The molecule has 0 saturated carbocycles. The van der Waals surface area contributed by atoms with Crippen molar-refractivity contribution in [3.8, 4) is 0 Å². The predicted molar refractivity (Wildman–Crippen MR) is 57.4 cm³/mol. The van der Waals surface area contributed by atoms with Gasteiger partial charge in [-0.2, -0.15) is 0 Å². The van der Waals surface area contributed by atoms with Gasteiger partial charge in [-0.05, 0) is 33.1 Å². The molecule has 0 amide bonds. The lowest BCUT2D eigenvalue weighted by Gasteiger charge is -2.31. The fraction of sp³-hybridized carbons (Fsp3) is 1.00. The average Bonchev–Trinajstić information content (AvgIpc) is 2.14. The summed E-state index contributed by atoms with van der Waals surface area (Å²) >= 11 is 0. The lowest BCUT2D eigenvalue weighted by molar-refractivity contribution is -0.00572. The first-order chi connectivity index (χ1) is 6.51. The highest BCUT2D eigenvalue weighted by atomic mass is 16.5. The highest BCUT2D eigenvalue weighted by Gasteiger charge is 2.22. The summed E-state index contributed by atoms with van der Waals surface area (Å²) in [6.45, 7) is 7.33. The van der Waals surface area contributed by atoms with Crippen molar-refractivity contribution in [3.63, 3.8) is 0 Å². The zero-order chi connectivity index (χ0) is 10.6. The van der Waals surface area contributed by atoms with Gasteiger partial charge in [-0.15, -0.1) is 0 Å².